The van der Waals surface area contributed by atoms with Crippen molar-refractivity contribution >= 4 is 11.8 Å². The molecule has 0 spiro atoms. The number of halogens is 1. The van der Waals surface area contributed by atoms with Gasteiger partial charge in [-0.1, -0.05) is 48.0 Å². The summed E-state index contributed by atoms with van der Waals surface area (Å²) in [5.74, 6) is -1.24. The second kappa shape index (κ2) is 8.55. The highest BCUT2D eigenvalue weighted by Gasteiger charge is 2.34. The molecule has 1 aromatic carbocycles. The monoisotopic (exact) mass is 295 g/mol. The molecule has 0 aliphatic carbocycles. The van der Waals surface area contributed by atoms with Gasteiger partial charge in [0.1, 0.15) is 5.82 Å². The number of rotatable bonds is 1. The molecule has 0 radical (unpaired) electrons. The van der Waals surface area contributed by atoms with Crippen molar-refractivity contribution in [2.75, 3.05) is 7.05 Å². The Morgan fingerprint density at radius 3 is 1.81 bits per heavy atom. The van der Waals surface area contributed by atoms with Gasteiger partial charge in [0, 0.05) is 7.05 Å². The highest BCUT2D eigenvalue weighted by molar-refractivity contribution is 6.21. The third-order valence-corrected chi connectivity index (χ3v) is 2.83. The molecule has 1 aliphatic heterocycles. The number of nitrogens with zero attached hydrogens (tertiary/aromatic N) is 1. The number of carbonyl (C=O) groups is 2. The minimum absolute atomic E-state index is 0.0147. The molecule has 3 nitrogen and oxygen atoms in total. The van der Waals surface area contributed by atoms with E-state index in [4.69, 9.17) is 0 Å². The van der Waals surface area contributed by atoms with Crippen LogP contribution in [-0.4, -0.2) is 23.8 Å². The van der Waals surface area contributed by atoms with Gasteiger partial charge in [0.25, 0.3) is 11.8 Å². The fourth-order valence-electron chi connectivity index (χ4n) is 1.84. The van der Waals surface area contributed by atoms with Crippen LogP contribution in [-0.2, 0) is 0 Å². The van der Waals surface area contributed by atoms with Gasteiger partial charge >= 0.3 is 0 Å². The molecule has 0 aromatic heterocycles. The molecule has 118 valence electrons. The van der Waals surface area contributed by atoms with E-state index in [9.17, 15) is 14.0 Å². The maximum Gasteiger partial charge on any atom is 0.261 e. The van der Waals surface area contributed by atoms with Crippen molar-refractivity contribution in [2.45, 2.75) is 53.9 Å². The van der Waals surface area contributed by atoms with Gasteiger partial charge in [-0.3, -0.25) is 14.5 Å². The summed E-state index contributed by atoms with van der Waals surface area (Å²) < 4.78 is 13.6. The van der Waals surface area contributed by atoms with Gasteiger partial charge in [-0.05, 0) is 23.6 Å². The van der Waals surface area contributed by atoms with Gasteiger partial charge in [0.15, 0.2) is 0 Å². The van der Waals surface area contributed by atoms with E-state index >= 15 is 0 Å². The van der Waals surface area contributed by atoms with Gasteiger partial charge in [0.2, 0.25) is 0 Å². The predicted molar refractivity (Wildman–Crippen MR) is 84.2 cm³/mol. The van der Waals surface area contributed by atoms with Crippen molar-refractivity contribution in [1.82, 2.24) is 4.90 Å². The quantitative estimate of drug-likeness (QED) is 0.709. The third kappa shape index (κ3) is 4.13. The van der Waals surface area contributed by atoms with Crippen LogP contribution < -0.4 is 0 Å². The lowest BCUT2D eigenvalue weighted by Gasteiger charge is -2.07. The van der Waals surface area contributed by atoms with Crippen LogP contribution >= 0.6 is 0 Å². The molecule has 0 atom stereocenters. The van der Waals surface area contributed by atoms with Crippen molar-refractivity contribution < 1.29 is 14.0 Å². The average molecular weight is 295 g/mol. The minimum Gasteiger partial charge on any atom is -0.277 e. The summed E-state index contributed by atoms with van der Waals surface area (Å²) >= 11 is 0. The van der Waals surface area contributed by atoms with Gasteiger partial charge < -0.3 is 0 Å². The van der Waals surface area contributed by atoms with Gasteiger partial charge in [-0.25, -0.2) is 4.39 Å². The van der Waals surface area contributed by atoms with Crippen LogP contribution in [0.25, 0.3) is 0 Å². The first kappa shape index (κ1) is 19.3. The predicted octanol–water partition coefficient (Wildman–Crippen LogP) is 4.62. The summed E-state index contributed by atoms with van der Waals surface area (Å²) in [7, 11) is 1.40. The Kier molecular flexibility index (Phi) is 7.85. The Morgan fingerprint density at radius 1 is 1.05 bits per heavy atom. The normalized spacial score (nSPS) is 12.5. The van der Waals surface area contributed by atoms with E-state index in [0.29, 0.717) is 11.1 Å². The van der Waals surface area contributed by atoms with Crippen LogP contribution in [0.4, 0.5) is 4.39 Å². The van der Waals surface area contributed by atoms with Gasteiger partial charge in [0.05, 0.1) is 11.1 Å². The van der Waals surface area contributed by atoms with Gasteiger partial charge in [-0.15, -0.1) is 0 Å². The second-order valence-electron chi connectivity index (χ2n) is 4.95. The Labute approximate surface area is 127 Å². The van der Waals surface area contributed by atoms with Crippen molar-refractivity contribution in [1.29, 1.82) is 0 Å². The smallest absolute Gasteiger partial charge is 0.261 e. The first-order valence-electron chi connectivity index (χ1n) is 7.50. The third-order valence-electron chi connectivity index (χ3n) is 2.83. The van der Waals surface area contributed by atoms with Crippen LogP contribution in [0.1, 0.15) is 80.2 Å². The van der Waals surface area contributed by atoms with Gasteiger partial charge in [-0.2, -0.15) is 0 Å². The second-order valence-corrected chi connectivity index (χ2v) is 4.95. The molecule has 0 saturated heterocycles. The van der Waals surface area contributed by atoms with Crippen LogP contribution in [0.15, 0.2) is 12.1 Å². The number of benzene rings is 1. The van der Waals surface area contributed by atoms with Crippen molar-refractivity contribution in [2.24, 2.45) is 0 Å². The molecule has 0 N–H and O–H groups in total. The van der Waals surface area contributed by atoms with E-state index in [1.807, 2.05) is 27.7 Å². The average Bonchev–Trinajstić information content (AvgIpc) is 2.66. The first-order valence-corrected chi connectivity index (χ1v) is 7.50. The molecule has 1 aromatic rings. The SMILES string of the molecule is CC.CC(C)c1cc2c(cc1F)C(=O)N(C)C2=O.CCC. The number of hydrogen-bond acceptors (Lipinski definition) is 2. The topological polar surface area (TPSA) is 37.4 Å². The van der Waals surface area contributed by atoms with Crippen LogP contribution in [0, 0.1) is 5.82 Å². The molecule has 21 heavy (non-hydrogen) atoms. The molecule has 0 fully saturated rings. The van der Waals surface area contributed by atoms with E-state index in [2.05, 4.69) is 13.8 Å². The highest BCUT2D eigenvalue weighted by Crippen LogP contribution is 2.28. The van der Waals surface area contributed by atoms with E-state index in [-0.39, 0.29) is 17.4 Å². The summed E-state index contributed by atoms with van der Waals surface area (Å²) in [6, 6.07) is 2.65. The Balaban J connectivity index is 0.000000713. The molecule has 2 amide bonds. The number of hydrogen-bond donors (Lipinski definition) is 0. The van der Waals surface area contributed by atoms with Crippen LogP contribution in [0.3, 0.4) is 0 Å². The standard InChI is InChI=1S/C12H12FNO2.C3H8.C2H6/c1-6(2)7-4-8-9(5-10(7)13)12(16)14(3)11(8)15;1-3-2;1-2/h4-6H,1-3H3;3H2,1-2H3;1-2H3. The lowest BCUT2D eigenvalue weighted by atomic mass is 9.97. The maximum absolute atomic E-state index is 13.6. The number of fused-ring (bicyclic) bond motifs is 1. The Bertz CT molecular complexity index is 510. The molecular formula is C17H26FNO2. The minimum atomic E-state index is -0.436. The van der Waals surface area contributed by atoms with E-state index < -0.39 is 11.7 Å². The Morgan fingerprint density at radius 2 is 1.43 bits per heavy atom. The number of amides is 2. The lowest BCUT2D eigenvalue weighted by Crippen LogP contribution is -2.24. The molecule has 2 rings (SSSR count). The summed E-state index contributed by atoms with van der Waals surface area (Å²) in [6.45, 7) is 11.9. The number of carbonyl (C=O) groups excluding carboxylic acids is 2. The highest BCUT2D eigenvalue weighted by atomic mass is 19.1. The summed E-state index contributed by atoms with van der Waals surface area (Å²) in [5, 5.41) is 0. The van der Waals surface area contributed by atoms with Crippen LogP contribution in [0.5, 0.6) is 0 Å². The fraction of sp³-hybridized carbons (Fsp3) is 0.529. The largest absolute Gasteiger partial charge is 0.277 e. The van der Waals surface area contributed by atoms with Crippen molar-refractivity contribution in [3.8, 4) is 0 Å². The molecule has 0 saturated carbocycles. The van der Waals surface area contributed by atoms with E-state index in [1.54, 1.807) is 0 Å². The lowest BCUT2D eigenvalue weighted by molar-refractivity contribution is 0.0693. The molecule has 1 heterocycles. The van der Waals surface area contributed by atoms with Crippen molar-refractivity contribution in [3.05, 3.63) is 34.6 Å². The zero-order valence-corrected chi connectivity index (χ0v) is 14.1. The summed E-state index contributed by atoms with van der Waals surface area (Å²) in [5.41, 5.74) is 0.933. The summed E-state index contributed by atoms with van der Waals surface area (Å²) in [6.07, 6.45) is 1.25. The maximum atomic E-state index is 13.6. The molecule has 0 unspecified atom stereocenters. The number of imide groups is 1. The molecular weight excluding hydrogens is 269 g/mol. The van der Waals surface area contributed by atoms with E-state index in [0.717, 1.165) is 11.0 Å². The van der Waals surface area contributed by atoms with E-state index in [1.165, 1.54) is 19.5 Å². The first-order chi connectivity index (χ1) is 9.84. The van der Waals surface area contributed by atoms with Crippen molar-refractivity contribution in [3.63, 3.8) is 0 Å². The molecule has 1 aliphatic rings. The zero-order valence-electron chi connectivity index (χ0n) is 14.1. The fourth-order valence-corrected chi connectivity index (χ4v) is 1.84. The molecule has 0 bridgehead atoms. The zero-order chi connectivity index (χ0) is 16.7. The van der Waals surface area contributed by atoms with Crippen LogP contribution in [0.2, 0.25) is 0 Å². The Hall–Kier alpha value is -1.71. The summed E-state index contributed by atoms with van der Waals surface area (Å²) in [4.78, 5) is 24.3. The molecule has 4 heteroatoms.